The normalized spacial score (nSPS) is 8.09. The van der Waals surface area contributed by atoms with Crippen LogP contribution >= 0.6 is 0 Å². The Morgan fingerprint density at radius 3 is 1.64 bits per heavy atom. The van der Waals surface area contributed by atoms with Crippen LogP contribution < -0.4 is 0 Å². The van der Waals surface area contributed by atoms with Crippen molar-refractivity contribution in [3.8, 4) is 0 Å². The molecule has 0 unspecified atom stereocenters. The first kappa shape index (κ1) is 12.6. The van der Waals surface area contributed by atoms with Crippen LogP contribution in [0.4, 0.5) is 0 Å². The van der Waals surface area contributed by atoms with Crippen LogP contribution in [0.1, 0.15) is 13.8 Å². The number of hydrogen-bond acceptors (Lipinski definition) is 2. The summed E-state index contributed by atoms with van der Waals surface area (Å²) in [5, 5.41) is 7.99. The van der Waals surface area contributed by atoms with Gasteiger partial charge in [0.2, 0.25) is 6.41 Å². The van der Waals surface area contributed by atoms with Gasteiger partial charge in [-0.05, 0) is 0 Å². The molecule has 0 spiro atoms. The first-order chi connectivity index (χ1) is 4.91. The number of hydrogen-bond donors (Lipinski definition) is 1. The maximum atomic E-state index is 9.70. The molecule has 0 bridgehead atoms. The summed E-state index contributed by atoms with van der Waals surface area (Å²) >= 11 is 0. The number of nitrogens with zero attached hydrogens (tertiary/aromatic N) is 1. The minimum absolute atomic E-state index is 0.231. The van der Waals surface area contributed by atoms with Gasteiger partial charge in [0.05, 0.1) is 5.92 Å². The second-order valence-corrected chi connectivity index (χ2v) is 2.56. The van der Waals surface area contributed by atoms with Crippen molar-refractivity contribution in [3.05, 3.63) is 0 Å². The average Bonchev–Trinajstić information content (AvgIpc) is 1.89. The van der Waals surface area contributed by atoms with Crippen LogP contribution in [-0.2, 0) is 9.59 Å². The molecule has 4 nitrogen and oxygen atoms in total. The lowest BCUT2D eigenvalue weighted by Crippen LogP contribution is -2.06. The monoisotopic (exact) mass is 161 g/mol. The van der Waals surface area contributed by atoms with Gasteiger partial charge in [0, 0.05) is 14.1 Å². The molecule has 0 radical (unpaired) electrons. The minimum Gasteiger partial charge on any atom is -0.481 e. The number of rotatable bonds is 2. The van der Waals surface area contributed by atoms with Gasteiger partial charge < -0.3 is 10.0 Å². The van der Waals surface area contributed by atoms with Crippen molar-refractivity contribution in [3.63, 3.8) is 0 Å². The highest BCUT2D eigenvalue weighted by molar-refractivity contribution is 5.68. The lowest BCUT2D eigenvalue weighted by atomic mass is 10.2. The predicted octanol–water partition coefficient (Wildman–Crippen LogP) is 0.431. The number of amides is 1. The van der Waals surface area contributed by atoms with E-state index in [0.717, 1.165) is 6.41 Å². The molecule has 11 heavy (non-hydrogen) atoms. The summed E-state index contributed by atoms with van der Waals surface area (Å²) in [5.41, 5.74) is 0. The van der Waals surface area contributed by atoms with Crippen molar-refractivity contribution in [2.24, 2.45) is 5.92 Å². The van der Waals surface area contributed by atoms with E-state index in [1.165, 1.54) is 4.90 Å². The van der Waals surface area contributed by atoms with Crippen molar-refractivity contribution in [1.82, 2.24) is 4.90 Å². The quantitative estimate of drug-likeness (QED) is 0.597. The van der Waals surface area contributed by atoms with Gasteiger partial charge in [0.1, 0.15) is 0 Å². The van der Waals surface area contributed by atoms with Gasteiger partial charge in [-0.1, -0.05) is 13.8 Å². The molecule has 1 N–H and O–H groups in total. The fraction of sp³-hybridized carbons (Fsp3) is 0.714. The van der Waals surface area contributed by atoms with E-state index < -0.39 is 5.97 Å². The highest BCUT2D eigenvalue weighted by Crippen LogP contribution is 1.87. The van der Waals surface area contributed by atoms with Gasteiger partial charge >= 0.3 is 5.97 Å². The third-order valence-corrected chi connectivity index (χ3v) is 0.705. The van der Waals surface area contributed by atoms with Crippen LogP contribution in [0.3, 0.4) is 0 Å². The summed E-state index contributed by atoms with van der Waals surface area (Å²) in [6.45, 7) is 3.28. The molecule has 0 aromatic heterocycles. The van der Waals surface area contributed by atoms with E-state index in [9.17, 15) is 9.59 Å². The van der Waals surface area contributed by atoms with Gasteiger partial charge in [0.25, 0.3) is 0 Å². The van der Waals surface area contributed by atoms with Gasteiger partial charge in [-0.25, -0.2) is 0 Å². The zero-order valence-electron chi connectivity index (χ0n) is 7.37. The number of carboxylic acid groups (broad SMARTS) is 1. The summed E-state index contributed by atoms with van der Waals surface area (Å²) in [7, 11) is 3.38. The Balaban J connectivity index is 0. The van der Waals surface area contributed by atoms with Gasteiger partial charge in [-0.3, -0.25) is 9.59 Å². The van der Waals surface area contributed by atoms with Crippen LogP contribution in [-0.4, -0.2) is 36.5 Å². The van der Waals surface area contributed by atoms with E-state index >= 15 is 0 Å². The number of carbonyl (C=O) groups is 2. The van der Waals surface area contributed by atoms with E-state index in [0.29, 0.717) is 0 Å². The van der Waals surface area contributed by atoms with Crippen molar-refractivity contribution in [2.45, 2.75) is 13.8 Å². The van der Waals surface area contributed by atoms with Crippen molar-refractivity contribution >= 4 is 12.4 Å². The number of aliphatic carboxylic acids is 1. The second kappa shape index (κ2) is 7.05. The van der Waals surface area contributed by atoms with E-state index in [1.54, 1.807) is 27.9 Å². The lowest BCUT2D eigenvalue weighted by Gasteiger charge is -1.93. The van der Waals surface area contributed by atoms with Gasteiger partial charge in [0.15, 0.2) is 0 Å². The molecule has 0 aromatic rings. The first-order valence-corrected chi connectivity index (χ1v) is 3.26. The smallest absolute Gasteiger partial charge is 0.305 e. The standard InChI is InChI=1S/C4H8O2.C3H7NO/c1-3(2)4(5)6;1-4(2)3-5/h3H,1-2H3,(H,5,6);3H,1-2H3. The summed E-state index contributed by atoms with van der Waals surface area (Å²) in [6.07, 6.45) is 0.750. The maximum Gasteiger partial charge on any atom is 0.305 e. The third-order valence-electron chi connectivity index (χ3n) is 0.705. The maximum absolute atomic E-state index is 9.70. The van der Waals surface area contributed by atoms with Crippen molar-refractivity contribution < 1.29 is 14.7 Å². The Bertz CT molecular complexity index is 121. The SMILES string of the molecule is CC(C)C(=O)O.CN(C)C=O. The van der Waals surface area contributed by atoms with E-state index in [-0.39, 0.29) is 5.92 Å². The third kappa shape index (κ3) is 17.6. The molecule has 0 aliphatic carbocycles. The molecule has 0 aliphatic heterocycles. The zero-order chi connectivity index (χ0) is 9.44. The Morgan fingerprint density at radius 1 is 1.45 bits per heavy atom. The minimum atomic E-state index is -0.741. The number of carbonyl (C=O) groups excluding carboxylic acids is 1. The number of carboxylic acids is 1. The Hall–Kier alpha value is -1.06. The molecular weight excluding hydrogens is 146 g/mol. The molecule has 4 heteroatoms. The predicted molar refractivity (Wildman–Crippen MR) is 42.2 cm³/mol. The largest absolute Gasteiger partial charge is 0.481 e. The molecule has 1 amide bonds. The fourth-order valence-corrected chi connectivity index (χ4v) is 0. The summed E-state index contributed by atoms with van der Waals surface area (Å²) in [5.74, 6) is -0.972. The second-order valence-electron chi connectivity index (χ2n) is 2.56. The Labute approximate surface area is 66.8 Å². The first-order valence-electron chi connectivity index (χ1n) is 3.26. The van der Waals surface area contributed by atoms with E-state index in [2.05, 4.69) is 0 Å². The molecule has 0 heterocycles. The van der Waals surface area contributed by atoms with E-state index in [1.807, 2.05) is 0 Å². The molecule has 0 aromatic carbocycles. The lowest BCUT2D eigenvalue weighted by molar-refractivity contribution is -0.140. The topological polar surface area (TPSA) is 57.6 Å². The molecule has 0 atom stereocenters. The Kier molecular flexibility index (Phi) is 8.08. The van der Waals surface area contributed by atoms with Crippen molar-refractivity contribution in [1.29, 1.82) is 0 Å². The van der Waals surface area contributed by atoms with Crippen LogP contribution in [0, 0.1) is 5.92 Å². The molecule has 0 rings (SSSR count). The van der Waals surface area contributed by atoms with E-state index in [4.69, 9.17) is 5.11 Å². The average molecular weight is 161 g/mol. The molecule has 0 aliphatic rings. The van der Waals surface area contributed by atoms with Gasteiger partial charge in [-0.15, -0.1) is 0 Å². The van der Waals surface area contributed by atoms with Crippen LogP contribution in [0.15, 0.2) is 0 Å². The summed E-state index contributed by atoms with van der Waals surface area (Å²) in [6, 6.07) is 0. The molecule has 66 valence electrons. The van der Waals surface area contributed by atoms with Crippen LogP contribution in [0.25, 0.3) is 0 Å². The van der Waals surface area contributed by atoms with Gasteiger partial charge in [-0.2, -0.15) is 0 Å². The highest BCUT2D eigenvalue weighted by Gasteiger charge is 1.99. The molecular formula is C7H15NO3. The highest BCUT2D eigenvalue weighted by atomic mass is 16.4. The Morgan fingerprint density at radius 2 is 1.64 bits per heavy atom. The van der Waals surface area contributed by atoms with Crippen LogP contribution in [0.5, 0.6) is 0 Å². The van der Waals surface area contributed by atoms with Crippen molar-refractivity contribution in [2.75, 3.05) is 14.1 Å². The molecule has 0 fully saturated rings. The summed E-state index contributed by atoms with van der Waals surface area (Å²) in [4.78, 5) is 20.6. The molecule has 0 saturated heterocycles. The fourth-order valence-electron chi connectivity index (χ4n) is 0. The summed E-state index contributed by atoms with van der Waals surface area (Å²) < 4.78 is 0. The van der Waals surface area contributed by atoms with Crippen LogP contribution in [0.2, 0.25) is 0 Å². The molecule has 0 saturated carbocycles. The zero-order valence-corrected chi connectivity index (χ0v) is 7.37.